The van der Waals surface area contributed by atoms with Crippen LogP contribution in [-0.2, 0) is 16.0 Å². The third-order valence-electron chi connectivity index (χ3n) is 5.16. The summed E-state index contributed by atoms with van der Waals surface area (Å²) in [6, 6.07) is 5.38. The molecule has 0 radical (unpaired) electrons. The molecule has 7 nitrogen and oxygen atoms in total. The van der Waals surface area contributed by atoms with Crippen LogP contribution in [-0.4, -0.2) is 56.8 Å². The van der Waals surface area contributed by atoms with Crippen molar-refractivity contribution < 1.29 is 18.7 Å². The minimum atomic E-state index is -0.486. The molecule has 1 saturated heterocycles. The van der Waals surface area contributed by atoms with Gasteiger partial charge in [-0.25, -0.2) is 4.79 Å². The summed E-state index contributed by atoms with van der Waals surface area (Å²) in [5.41, 5.74) is 2.02. The number of hydrogen-bond donors (Lipinski definition) is 1. The molecular formula is C23H30N2O5. The fourth-order valence-electron chi connectivity index (χ4n) is 3.45. The SMILES string of the molecule is C=C(C)COc1ccc2c(C)c(CC(=O)NCCCN3CCOCC3)c(=O)oc2c1. The number of fused-ring (bicyclic) bond motifs is 1. The Balaban J connectivity index is 1.59. The standard InChI is InChI=1S/C23H30N2O5/c1-16(2)15-29-18-5-6-19-17(3)20(23(27)30-21(19)13-18)14-22(26)24-7-4-8-25-9-11-28-12-10-25/h5-6,13H,1,4,7-12,14-15H2,2-3H3,(H,24,26). The van der Waals surface area contributed by atoms with Gasteiger partial charge >= 0.3 is 5.63 Å². The van der Waals surface area contributed by atoms with Gasteiger partial charge in [-0.3, -0.25) is 9.69 Å². The van der Waals surface area contributed by atoms with E-state index >= 15 is 0 Å². The highest BCUT2D eigenvalue weighted by molar-refractivity contribution is 5.85. The summed E-state index contributed by atoms with van der Waals surface area (Å²) >= 11 is 0. The van der Waals surface area contributed by atoms with Crippen molar-refractivity contribution in [3.8, 4) is 5.75 Å². The maximum absolute atomic E-state index is 12.5. The predicted molar refractivity (Wildman–Crippen MR) is 116 cm³/mol. The Morgan fingerprint density at radius 1 is 1.30 bits per heavy atom. The smallest absolute Gasteiger partial charge is 0.340 e. The van der Waals surface area contributed by atoms with E-state index < -0.39 is 5.63 Å². The van der Waals surface area contributed by atoms with Crippen LogP contribution >= 0.6 is 0 Å². The zero-order chi connectivity index (χ0) is 21.5. The molecule has 162 valence electrons. The van der Waals surface area contributed by atoms with Crippen molar-refractivity contribution in [2.24, 2.45) is 0 Å². The number of rotatable bonds is 9. The number of morpholine rings is 1. The number of aryl methyl sites for hydroxylation is 1. The summed E-state index contributed by atoms with van der Waals surface area (Å²) in [5.74, 6) is 0.437. The molecule has 7 heteroatoms. The highest BCUT2D eigenvalue weighted by Crippen LogP contribution is 2.24. The minimum Gasteiger partial charge on any atom is -0.489 e. The van der Waals surface area contributed by atoms with Crippen molar-refractivity contribution in [2.45, 2.75) is 26.7 Å². The van der Waals surface area contributed by atoms with Crippen molar-refractivity contribution in [1.29, 1.82) is 0 Å². The number of carbonyl (C=O) groups is 1. The van der Waals surface area contributed by atoms with E-state index in [1.165, 1.54) is 0 Å². The molecule has 1 N–H and O–H groups in total. The summed E-state index contributed by atoms with van der Waals surface area (Å²) in [6.07, 6.45) is 0.875. The van der Waals surface area contributed by atoms with Crippen LogP contribution in [0.5, 0.6) is 5.75 Å². The normalized spacial score (nSPS) is 14.6. The molecule has 1 aromatic carbocycles. The van der Waals surface area contributed by atoms with E-state index in [0.717, 1.165) is 55.8 Å². The lowest BCUT2D eigenvalue weighted by Crippen LogP contribution is -2.38. The third-order valence-corrected chi connectivity index (χ3v) is 5.16. The first-order chi connectivity index (χ1) is 14.4. The molecule has 1 aliphatic rings. The van der Waals surface area contributed by atoms with Gasteiger partial charge in [-0.2, -0.15) is 0 Å². The van der Waals surface area contributed by atoms with Gasteiger partial charge in [0.25, 0.3) is 0 Å². The van der Waals surface area contributed by atoms with Crippen molar-refractivity contribution in [1.82, 2.24) is 10.2 Å². The second-order valence-corrected chi connectivity index (χ2v) is 7.73. The molecule has 30 heavy (non-hydrogen) atoms. The molecule has 2 heterocycles. The van der Waals surface area contributed by atoms with Crippen molar-refractivity contribution >= 4 is 16.9 Å². The highest BCUT2D eigenvalue weighted by Gasteiger charge is 2.16. The van der Waals surface area contributed by atoms with E-state index in [4.69, 9.17) is 13.9 Å². The first kappa shape index (κ1) is 22.1. The molecule has 0 unspecified atom stereocenters. The number of carbonyl (C=O) groups excluding carboxylic acids is 1. The summed E-state index contributed by atoms with van der Waals surface area (Å²) in [6.45, 7) is 12.8. The van der Waals surface area contributed by atoms with Gasteiger partial charge in [0.2, 0.25) is 5.91 Å². The van der Waals surface area contributed by atoms with Gasteiger partial charge < -0.3 is 19.2 Å². The second-order valence-electron chi connectivity index (χ2n) is 7.73. The van der Waals surface area contributed by atoms with Gasteiger partial charge in [-0.05, 0) is 50.1 Å². The Labute approximate surface area is 176 Å². The molecule has 0 atom stereocenters. The summed E-state index contributed by atoms with van der Waals surface area (Å²) in [5, 5.41) is 3.70. The van der Waals surface area contributed by atoms with E-state index in [-0.39, 0.29) is 12.3 Å². The molecule has 0 aliphatic carbocycles. The molecule has 3 rings (SSSR count). The summed E-state index contributed by atoms with van der Waals surface area (Å²) in [4.78, 5) is 27.2. The average Bonchev–Trinajstić information content (AvgIpc) is 2.73. The molecule has 0 spiro atoms. The van der Waals surface area contributed by atoms with Crippen LogP contribution in [0.3, 0.4) is 0 Å². The van der Waals surface area contributed by atoms with E-state index in [0.29, 0.717) is 30.0 Å². The van der Waals surface area contributed by atoms with Gasteiger partial charge in [0.15, 0.2) is 0 Å². The molecule has 2 aromatic rings. The van der Waals surface area contributed by atoms with E-state index in [2.05, 4.69) is 16.8 Å². The predicted octanol–water partition coefficient (Wildman–Crippen LogP) is 2.44. The van der Waals surface area contributed by atoms with Crippen molar-refractivity contribution in [3.05, 3.63) is 51.9 Å². The Morgan fingerprint density at radius 2 is 2.07 bits per heavy atom. The largest absolute Gasteiger partial charge is 0.489 e. The summed E-state index contributed by atoms with van der Waals surface area (Å²) < 4.78 is 16.4. The fourth-order valence-corrected chi connectivity index (χ4v) is 3.45. The second kappa shape index (κ2) is 10.4. The van der Waals surface area contributed by atoms with E-state index in [1.807, 2.05) is 26.0 Å². The third kappa shape index (κ3) is 5.93. The topological polar surface area (TPSA) is 81.0 Å². The number of hydrogen-bond acceptors (Lipinski definition) is 6. The van der Waals surface area contributed by atoms with E-state index in [1.54, 1.807) is 6.07 Å². The zero-order valence-electron chi connectivity index (χ0n) is 17.8. The number of benzene rings is 1. The van der Waals surface area contributed by atoms with Gasteiger partial charge in [0, 0.05) is 31.1 Å². The Morgan fingerprint density at radius 3 is 2.80 bits per heavy atom. The maximum atomic E-state index is 12.5. The highest BCUT2D eigenvalue weighted by atomic mass is 16.5. The number of amides is 1. The number of nitrogens with zero attached hydrogens (tertiary/aromatic N) is 1. The van der Waals surface area contributed by atoms with Crippen LogP contribution in [0.4, 0.5) is 0 Å². The lowest BCUT2D eigenvalue weighted by atomic mass is 10.0. The van der Waals surface area contributed by atoms with E-state index in [9.17, 15) is 9.59 Å². The Hall–Kier alpha value is -2.64. The van der Waals surface area contributed by atoms with Crippen molar-refractivity contribution in [2.75, 3.05) is 46.0 Å². The van der Waals surface area contributed by atoms with Gasteiger partial charge in [-0.1, -0.05) is 6.58 Å². The number of ether oxygens (including phenoxy) is 2. The fraction of sp³-hybridized carbons (Fsp3) is 0.478. The Bertz CT molecular complexity index is 960. The van der Waals surface area contributed by atoms with Crippen LogP contribution < -0.4 is 15.7 Å². The average molecular weight is 415 g/mol. The first-order valence-corrected chi connectivity index (χ1v) is 10.3. The Kier molecular flexibility index (Phi) is 7.65. The number of nitrogens with one attached hydrogen (secondary N) is 1. The van der Waals surface area contributed by atoms with Crippen LogP contribution in [0.15, 0.2) is 39.6 Å². The maximum Gasteiger partial charge on any atom is 0.340 e. The quantitative estimate of drug-likeness (QED) is 0.386. The van der Waals surface area contributed by atoms with Gasteiger partial charge in [0.05, 0.1) is 25.2 Å². The zero-order valence-corrected chi connectivity index (χ0v) is 17.8. The summed E-state index contributed by atoms with van der Waals surface area (Å²) in [7, 11) is 0. The van der Waals surface area contributed by atoms with Crippen LogP contribution in [0.2, 0.25) is 0 Å². The van der Waals surface area contributed by atoms with Crippen molar-refractivity contribution in [3.63, 3.8) is 0 Å². The van der Waals surface area contributed by atoms with Gasteiger partial charge in [0.1, 0.15) is 17.9 Å². The lowest BCUT2D eigenvalue weighted by Gasteiger charge is -2.26. The van der Waals surface area contributed by atoms with Crippen LogP contribution in [0.1, 0.15) is 24.5 Å². The van der Waals surface area contributed by atoms with Crippen LogP contribution in [0, 0.1) is 6.92 Å². The molecular weight excluding hydrogens is 384 g/mol. The monoisotopic (exact) mass is 414 g/mol. The minimum absolute atomic E-state index is 0.00950. The molecule has 1 fully saturated rings. The molecule has 1 aliphatic heterocycles. The lowest BCUT2D eigenvalue weighted by molar-refractivity contribution is -0.120. The first-order valence-electron chi connectivity index (χ1n) is 10.3. The molecule has 0 saturated carbocycles. The molecule has 1 aromatic heterocycles. The molecule has 0 bridgehead atoms. The van der Waals surface area contributed by atoms with Crippen LogP contribution in [0.25, 0.3) is 11.0 Å². The molecule has 1 amide bonds. The van der Waals surface area contributed by atoms with Gasteiger partial charge in [-0.15, -0.1) is 0 Å².